The van der Waals surface area contributed by atoms with E-state index in [1.165, 1.54) is 0 Å². The van der Waals surface area contributed by atoms with Crippen molar-refractivity contribution in [2.75, 3.05) is 16.8 Å². The third-order valence-electron chi connectivity index (χ3n) is 6.43. The van der Waals surface area contributed by atoms with Crippen molar-refractivity contribution in [3.05, 3.63) is 109 Å². The standard InChI is InChI=1S/C33H34N2O4S/c1-3-5-22-35(33(38)34-30-16-9-10-17-31(30)39-26-13-7-6-8-14-26)25-12-11-15-28(23-25)40-27-20-18-24(19-21-27)29(4-2)32(36)37/h6-21,23,29H,3-5,22H2,1-2H3,(H,34,38)(H,36,37). The van der Waals surface area contributed by atoms with Crippen LogP contribution < -0.4 is 15.0 Å². The molecule has 0 heterocycles. The summed E-state index contributed by atoms with van der Waals surface area (Å²) in [6.07, 6.45) is 2.35. The maximum absolute atomic E-state index is 13.6. The van der Waals surface area contributed by atoms with Crippen LogP contribution in [0, 0.1) is 0 Å². The van der Waals surface area contributed by atoms with Gasteiger partial charge in [0.15, 0.2) is 5.75 Å². The molecule has 0 saturated carbocycles. The molecule has 0 aliphatic heterocycles. The highest BCUT2D eigenvalue weighted by Crippen LogP contribution is 2.33. The summed E-state index contributed by atoms with van der Waals surface area (Å²) >= 11 is 1.57. The summed E-state index contributed by atoms with van der Waals surface area (Å²) in [6, 6.07) is 32.2. The number of aliphatic carboxylic acids is 1. The molecule has 2 amide bonds. The average molecular weight is 555 g/mol. The first-order valence-corrected chi connectivity index (χ1v) is 14.3. The quantitative estimate of drug-likeness (QED) is 0.183. The van der Waals surface area contributed by atoms with Crippen LogP contribution in [0.15, 0.2) is 113 Å². The Morgan fingerprint density at radius 3 is 2.30 bits per heavy atom. The molecule has 6 nitrogen and oxygen atoms in total. The number of nitrogens with zero attached hydrogens (tertiary/aromatic N) is 1. The molecule has 2 N–H and O–H groups in total. The second-order valence-corrected chi connectivity index (χ2v) is 10.5. The van der Waals surface area contributed by atoms with E-state index in [0.717, 1.165) is 33.9 Å². The summed E-state index contributed by atoms with van der Waals surface area (Å²) in [7, 11) is 0. The van der Waals surface area contributed by atoms with Crippen molar-refractivity contribution < 1.29 is 19.4 Å². The van der Waals surface area contributed by atoms with Crippen LogP contribution in [0.2, 0.25) is 0 Å². The van der Waals surface area contributed by atoms with Crippen LogP contribution in [0.4, 0.5) is 16.2 Å². The van der Waals surface area contributed by atoms with E-state index in [0.29, 0.717) is 30.2 Å². The van der Waals surface area contributed by atoms with E-state index in [1.807, 2.05) is 110 Å². The largest absolute Gasteiger partial charge is 0.481 e. The summed E-state index contributed by atoms with van der Waals surface area (Å²) in [5, 5.41) is 12.5. The lowest BCUT2D eigenvalue weighted by atomic mass is 9.97. The lowest BCUT2D eigenvalue weighted by Gasteiger charge is -2.24. The van der Waals surface area contributed by atoms with Gasteiger partial charge in [-0.1, -0.05) is 80.6 Å². The van der Waals surface area contributed by atoms with Crippen molar-refractivity contribution in [2.45, 2.75) is 48.8 Å². The van der Waals surface area contributed by atoms with Crippen molar-refractivity contribution in [2.24, 2.45) is 0 Å². The van der Waals surface area contributed by atoms with Gasteiger partial charge in [-0.25, -0.2) is 4.79 Å². The molecule has 1 atom stereocenters. The average Bonchev–Trinajstić information content (AvgIpc) is 2.96. The van der Waals surface area contributed by atoms with Gasteiger partial charge in [-0.05, 0) is 73.0 Å². The van der Waals surface area contributed by atoms with Crippen molar-refractivity contribution >= 4 is 35.1 Å². The van der Waals surface area contributed by atoms with Gasteiger partial charge in [0.1, 0.15) is 5.75 Å². The number of hydrogen-bond donors (Lipinski definition) is 2. The van der Waals surface area contributed by atoms with Gasteiger partial charge >= 0.3 is 12.0 Å². The summed E-state index contributed by atoms with van der Waals surface area (Å²) in [4.78, 5) is 28.8. The predicted molar refractivity (Wildman–Crippen MR) is 162 cm³/mol. The summed E-state index contributed by atoms with van der Waals surface area (Å²) in [6.45, 7) is 4.55. The van der Waals surface area contributed by atoms with Crippen LogP contribution in [0.3, 0.4) is 0 Å². The second-order valence-electron chi connectivity index (χ2n) is 9.31. The number of rotatable bonds is 12. The molecule has 4 rings (SSSR count). The Morgan fingerprint density at radius 1 is 0.875 bits per heavy atom. The summed E-state index contributed by atoms with van der Waals surface area (Å²) in [5.41, 5.74) is 2.19. The highest BCUT2D eigenvalue weighted by Gasteiger charge is 2.19. The zero-order valence-electron chi connectivity index (χ0n) is 22.7. The Hall–Kier alpha value is -4.23. The van der Waals surface area contributed by atoms with Crippen LogP contribution >= 0.6 is 11.8 Å². The van der Waals surface area contributed by atoms with E-state index < -0.39 is 11.9 Å². The van der Waals surface area contributed by atoms with Crippen LogP contribution in [0.25, 0.3) is 0 Å². The molecule has 206 valence electrons. The van der Waals surface area contributed by atoms with Crippen molar-refractivity contribution in [3.8, 4) is 11.5 Å². The van der Waals surface area contributed by atoms with Crippen LogP contribution in [0.1, 0.15) is 44.6 Å². The van der Waals surface area contributed by atoms with E-state index in [2.05, 4.69) is 12.2 Å². The lowest BCUT2D eigenvalue weighted by Crippen LogP contribution is -2.35. The molecule has 4 aromatic carbocycles. The highest BCUT2D eigenvalue weighted by molar-refractivity contribution is 7.99. The number of para-hydroxylation sites is 3. The number of ether oxygens (including phenoxy) is 1. The summed E-state index contributed by atoms with van der Waals surface area (Å²) in [5.74, 6) is -0.0528. The van der Waals surface area contributed by atoms with Gasteiger partial charge in [0.25, 0.3) is 0 Å². The first kappa shape index (κ1) is 28.8. The molecule has 0 radical (unpaired) electrons. The van der Waals surface area contributed by atoms with Crippen molar-refractivity contribution in [1.29, 1.82) is 0 Å². The highest BCUT2D eigenvalue weighted by atomic mass is 32.2. The van der Waals surface area contributed by atoms with Gasteiger partial charge < -0.3 is 15.2 Å². The molecule has 0 aromatic heterocycles. The van der Waals surface area contributed by atoms with Gasteiger partial charge in [-0.3, -0.25) is 9.69 Å². The molecular weight excluding hydrogens is 520 g/mol. The maximum atomic E-state index is 13.6. The van der Waals surface area contributed by atoms with Gasteiger partial charge in [0, 0.05) is 22.0 Å². The minimum atomic E-state index is -0.810. The van der Waals surface area contributed by atoms with E-state index >= 15 is 0 Å². The van der Waals surface area contributed by atoms with Crippen molar-refractivity contribution in [3.63, 3.8) is 0 Å². The number of unbranched alkanes of at least 4 members (excludes halogenated alkanes) is 1. The molecule has 7 heteroatoms. The van der Waals surface area contributed by atoms with Crippen LogP contribution in [-0.4, -0.2) is 23.7 Å². The lowest BCUT2D eigenvalue weighted by molar-refractivity contribution is -0.138. The zero-order chi connectivity index (χ0) is 28.3. The molecule has 0 spiro atoms. The number of amides is 2. The van der Waals surface area contributed by atoms with E-state index in [4.69, 9.17) is 4.74 Å². The normalized spacial score (nSPS) is 11.4. The fraction of sp³-hybridized carbons (Fsp3) is 0.212. The Balaban J connectivity index is 1.52. The maximum Gasteiger partial charge on any atom is 0.326 e. The predicted octanol–water partition coefficient (Wildman–Crippen LogP) is 9.05. The Bertz CT molecular complexity index is 1410. The third kappa shape index (κ3) is 7.67. The number of hydrogen-bond acceptors (Lipinski definition) is 4. The van der Waals surface area contributed by atoms with E-state index in [-0.39, 0.29) is 6.03 Å². The monoisotopic (exact) mass is 554 g/mol. The van der Waals surface area contributed by atoms with Gasteiger partial charge in [0.2, 0.25) is 0 Å². The number of urea groups is 1. The van der Waals surface area contributed by atoms with E-state index in [9.17, 15) is 14.7 Å². The number of benzene rings is 4. The number of carboxylic acid groups (broad SMARTS) is 1. The fourth-order valence-corrected chi connectivity index (χ4v) is 5.16. The molecule has 0 fully saturated rings. The topological polar surface area (TPSA) is 78.9 Å². The van der Waals surface area contributed by atoms with Gasteiger partial charge in [-0.15, -0.1) is 0 Å². The third-order valence-corrected chi connectivity index (χ3v) is 7.43. The molecule has 0 aliphatic rings. The van der Waals surface area contributed by atoms with Gasteiger partial charge in [0.05, 0.1) is 11.6 Å². The minimum Gasteiger partial charge on any atom is -0.481 e. The van der Waals surface area contributed by atoms with Crippen LogP contribution in [-0.2, 0) is 4.79 Å². The molecule has 0 saturated heterocycles. The Labute approximate surface area is 240 Å². The number of anilines is 2. The number of carbonyl (C=O) groups is 2. The second kappa shape index (κ2) is 14.2. The fourth-order valence-electron chi connectivity index (χ4n) is 4.29. The molecule has 40 heavy (non-hydrogen) atoms. The minimum absolute atomic E-state index is 0.233. The molecule has 4 aromatic rings. The SMILES string of the molecule is CCCCN(C(=O)Nc1ccccc1Oc1ccccc1)c1cccc(Sc2ccc(C(CC)C(=O)O)cc2)c1. The summed E-state index contributed by atoms with van der Waals surface area (Å²) < 4.78 is 6.04. The van der Waals surface area contributed by atoms with Crippen LogP contribution in [0.5, 0.6) is 11.5 Å². The van der Waals surface area contributed by atoms with Crippen molar-refractivity contribution in [1.82, 2.24) is 0 Å². The molecule has 1 unspecified atom stereocenters. The number of carboxylic acids is 1. The molecule has 0 bridgehead atoms. The smallest absolute Gasteiger partial charge is 0.326 e. The number of carbonyl (C=O) groups excluding carboxylic acids is 1. The number of nitrogens with one attached hydrogen (secondary N) is 1. The zero-order valence-corrected chi connectivity index (χ0v) is 23.6. The Kier molecular flexibility index (Phi) is 10.2. The van der Waals surface area contributed by atoms with E-state index in [1.54, 1.807) is 16.7 Å². The first-order valence-electron chi connectivity index (χ1n) is 13.5. The molecular formula is C33H34N2O4S. The Morgan fingerprint density at radius 2 is 1.60 bits per heavy atom. The molecule has 0 aliphatic carbocycles. The first-order chi connectivity index (χ1) is 19.5. The van der Waals surface area contributed by atoms with Gasteiger partial charge in [-0.2, -0.15) is 0 Å².